The Hall–Kier alpha value is -2.98. The van der Waals surface area contributed by atoms with E-state index in [0.29, 0.717) is 23.5 Å². The fraction of sp³-hybridized carbons (Fsp3) is 0.240. The first kappa shape index (κ1) is 20.0. The smallest absolute Gasteiger partial charge is 0.243 e. The average molecular weight is 430 g/mol. The van der Waals surface area contributed by atoms with Crippen LogP contribution in [0.2, 0.25) is 0 Å². The number of nitriles is 1. The highest BCUT2D eigenvalue weighted by atomic mass is 32.2. The first-order chi connectivity index (χ1) is 15.0. The Morgan fingerprint density at radius 3 is 2.32 bits per heavy atom. The number of piperidine rings is 1. The SMILES string of the molecule is Cc1ccccc1S(=O)(=O)N1[C@@H]2CNC[C@H]1C2c1ccc(-c2cccc(C#N)c2)cc1. The summed E-state index contributed by atoms with van der Waals surface area (Å²) < 4.78 is 28.5. The quantitative estimate of drug-likeness (QED) is 0.687. The van der Waals surface area contributed by atoms with Crippen LogP contribution in [-0.2, 0) is 10.0 Å². The van der Waals surface area contributed by atoms with Crippen LogP contribution in [0, 0.1) is 18.3 Å². The summed E-state index contributed by atoms with van der Waals surface area (Å²) in [6, 6.07) is 25.1. The summed E-state index contributed by atoms with van der Waals surface area (Å²) in [6.07, 6.45) is 0. The van der Waals surface area contributed by atoms with Gasteiger partial charge in [-0.3, -0.25) is 0 Å². The second-order valence-corrected chi connectivity index (χ2v) is 10.0. The van der Waals surface area contributed by atoms with Gasteiger partial charge in [-0.15, -0.1) is 0 Å². The molecule has 2 bridgehead atoms. The molecule has 2 heterocycles. The predicted molar refractivity (Wildman–Crippen MR) is 120 cm³/mol. The molecule has 0 aliphatic carbocycles. The highest BCUT2D eigenvalue weighted by Gasteiger charge is 2.56. The van der Waals surface area contributed by atoms with Crippen LogP contribution in [0.1, 0.15) is 22.6 Å². The Kier molecular flexibility index (Phi) is 4.90. The maximum atomic E-state index is 13.4. The molecule has 2 saturated heterocycles. The standard InChI is InChI=1S/C25H23N3O2S/c1-17-5-2-3-8-24(17)31(29,30)28-22-15-27-16-23(28)25(22)20-11-9-19(10-12-20)21-7-4-6-18(13-21)14-26/h2-13,22-23,25,27H,15-16H2,1H3/t22-,23+,25?. The molecule has 0 amide bonds. The van der Waals surface area contributed by atoms with E-state index in [0.717, 1.165) is 22.3 Å². The third kappa shape index (κ3) is 3.26. The van der Waals surface area contributed by atoms with Crippen LogP contribution in [0.25, 0.3) is 11.1 Å². The van der Waals surface area contributed by atoms with Crippen LogP contribution < -0.4 is 5.32 Å². The minimum Gasteiger partial charge on any atom is -0.313 e. The van der Waals surface area contributed by atoms with Gasteiger partial charge in [0.1, 0.15) is 0 Å². The number of benzene rings is 3. The zero-order valence-corrected chi connectivity index (χ0v) is 18.0. The third-order valence-electron chi connectivity index (χ3n) is 6.46. The molecule has 1 N–H and O–H groups in total. The van der Waals surface area contributed by atoms with Crippen LogP contribution in [0.5, 0.6) is 0 Å². The summed E-state index contributed by atoms with van der Waals surface area (Å²) in [5, 5.41) is 12.5. The zero-order valence-electron chi connectivity index (χ0n) is 17.2. The minimum absolute atomic E-state index is 0.0869. The van der Waals surface area contributed by atoms with Crippen molar-refractivity contribution in [2.45, 2.75) is 29.8 Å². The largest absolute Gasteiger partial charge is 0.313 e. The number of rotatable bonds is 4. The summed E-state index contributed by atoms with van der Waals surface area (Å²) in [5.41, 5.74) is 4.63. The van der Waals surface area contributed by atoms with Gasteiger partial charge in [0.05, 0.1) is 16.5 Å². The highest BCUT2D eigenvalue weighted by Crippen LogP contribution is 2.46. The van der Waals surface area contributed by atoms with Crippen molar-refractivity contribution < 1.29 is 8.42 Å². The molecule has 156 valence electrons. The van der Waals surface area contributed by atoms with Gasteiger partial charge in [-0.1, -0.05) is 54.6 Å². The van der Waals surface area contributed by atoms with E-state index in [9.17, 15) is 8.42 Å². The van der Waals surface area contributed by atoms with Gasteiger partial charge >= 0.3 is 0 Å². The van der Waals surface area contributed by atoms with E-state index < -0.39 is 10.0 Å². The van der Waals surface area contributed by atoms with Crippen molar-refractivity contribution in [3.63, 3.8) is 0 Å². The molecule has 0 radical (unpaired) electrons. The number of aryl methyl sites for hydroxylation is 1. The first-order valence-corrected chi connectivity index (χ1v) is 11.8. The topological polar surface area (TPSA) is 73.2 Å². The van der Waals surface area contributed by atoms with Crippen molar-refractivity contribution in [1.82, 2.24) is 9.62 Å². The van der Waals surface area contributed by atoms with Gasteiger partial charge in [-0.25, -0.2) is 8.42 Å². The predicted octanol–water partition coefficient (Wildman–Crippen LogP) is 3.66. The van der Waals surface area contributed by atoms with Gasteiger partial charge in [-0.05, 0) is 47.4 Å². The Balaban J connectivity index is 1.43. The average Bonchev–Trinajstić information content (AvgIpc) is 2.80. The monoisotopic (exact) mass is 429 g/mol. The van der Waals surface area contributed by atoms with E-state index in [-0.39, 0.29) is 18.0 Å². The lowest BCUT2D eigenvalue weighted by molar-refractivity contribution is 0.0370. The van der Waals surface area contributed by atoms with E-state index in [4.69, 9.17) is 5.26 Å². The van der Waals surface area contributed by atoms with Gasteiger partial charge in [0.2, 0.25) is 10.0 Å². The van der Waals surface area contributed by atoms with Gasteiger partial charge in [-0.2, -0.15) is 9.57 Å². The molecule has 2 aliphatic rings. The number of piperazine rings is 1. The molecule has 0 saturated carbocycles. The lowest BCUT2D eigenvalue weighted by atomic mass is 9.74. The fourth-order valence-corrected chi connectivity index (χ4v) is 7.03. The summed E-state index contributed by atoms with van der Waals surface area (Å²) in [6.45, 7) is 3.15. The number of sulfonamides is 1. The Labute approximate surface area is 183 Å². The van der Waals surface area contributed by atoms with Crippen LogP contribution >= 0.6 is 0 Å². The number of nitrogens with one attached hydrogen (secondary N) is 1. The van der Waals surface area contributed by atoms with Crippen molar-refractivity contribution in [3.8, 4) is 17.2 Å². The molecule has 1 unspecified atom stereocenters. The van der Waals surface area contributed by atoms with Gasteiger partial charge < -0.3 is 5.32 Å². The van der Waals surface area contributed by atoms with Crippen LogP contribution in [0.3, 0.4) is 0 Å². The molecule has 0 spiro atoms. The molecular weight excluding hydrogens is 406 g/mol. The lowest BCUT2D eigenvalue weighted by Gasteiger charge is -2.58. The highest BCUT2D eigenvalue weighted by molar-refractivity contribution is 7.89. The number of hydrogen-bond donors (Lipinski definition) is 1. The number of nitrogens with zero attached hydrogens (tertiary/aromatic N) is 2. The molecule has 6 heteroatoms. The summed E-state index contributed by atoms with van der Waals surface area (Å²) in [7, 11) is -3.53. The second kappa shape index (κ2) is 7.61. The molecule has 3 aromatic rings. The van der Waals surface area contributed by atoms with Gasteiger partial charge in [0.25, 0.3) is 0 Å². The van der Waals surface area contributed by atoms with E-state index >= 15 is 0 Å². The number of fused-ring (bicyclic) bond motifs is 2. The third-order valence-corrected chi connectivity index (χ3v) is 8.57. The maximum Gasteiger partial charge on any atom is 0.243 e. The molecule has 0 aromatic heterocycles. The molecule has 2 aliphatic heterocycles. The van der Waals surface area contributed by atoms with Gasteiger partial charge in [0.15, 0.2) is 0 Å². The normalized spacial score (nSPS) is 23.0. The van der Waals surface area contributed by atoms with Crippen LogP contribution in [0.15, 0.2) is 77.7 Å². The fourth-order valence-electron chi connectivity index (χ4n) is 4.96. The first-order valence-electron chi connectivity index (χ1n) is 10.4. The van der Waals surface area contributed by atoms with Gasteiger partial charge in [0, 0.05) is 31.1 Å². The van der Waals surface area contributed by atoms with E-state index in [1.807, 2.05) is 37.3 Å². The second-order valence-electron chi connectivity index (χ2n) is 8.23. The van der Waals surface area contributed by atoms with E-state index in [1.54, 1.807) is 22.5 Å². The molecule has 31 heavy (non-hydrogen) atoms. The number of hydrogen-bond acceptors (Lipinski definition) is 4. The Morgan fingerprint density at radius 2 is 1.65 bits per heavy atom. The Bertz CT molecular complexity index is 1270. The van der Waals surface area contributed by atoms with E-state index in [2.05, 4.69) is 35.7 Å². The van der Waals surface area contributed by atoms with Crippen LogP contribution in [-0.4, -0.2) is 37.9 Å². The zero-order chi connectivity index (χ0) is 21.6. The molecular formula is C25H23N3O2S. The van der Waals surface area contributed by atoms with Crippen molar-refractivity contribution in [2.24, 2.45) is 0 Å². The molecule has 5 rings (SSSR count). The minimum atomic E-state index is -3.53. The molecule has 5 nitrogen and oxygen atoms in total. The summed E-state index contributed by atoms with van der Waals surface area (Å²) in [5.74, 6) is 0.180. The molecule has 3 atom stereocenters. The van der Waals surface area contributed by atoms with Crippen molar-refractivity contribution in [1.29, 1.82) is 5.26 Å². The Morgan fingerprint density at radius 1 is 0.935 bits per heavy atom. The van der Waals surface area contributed by atoms with Crippen molar-refractivity contribution in [3.05, 3.63) is 89.5 Å². The molecule has 3 aromatic carbocycles. The maximum absolute atomic E-state index is 13.4. The lowest BCUT2D eigenvalue weighted by Crippen LogP contribution is -2.73. The van der Waals surface area contributed by atoms with E-state index in [1.165, 1.54) is 0 Å². The summed E-state index contributed by atoms with van der Waals surface area (Å²) in [4.78, 5) is 0.401. The van der Waals surface area contributed by atoms with Crippen molar-refractivity contribution >= 4 is 10.0 Å². The summed E-state index contributed by atoms with van der Waals surface area (Å²) >= 11 is 0. The van der Waals surface area contributed by atoms with Crippen LogP contribution in [0.4, 0.5) is 0 Å². The molecule has 2 fully saturated rings. The van der Waals surface area contributed by atoms with Crippen molar-refractivity contribution in [2.75, 3.05) is 13.1 Å².